The first kappa shape index (κ1) is 20.8. The van der Waals surface area contributed by atoms with Crippen LogP contribution in [0.4, 0.5) is 10.1 Å². The molecule has 2 aromatic rings. The Morgan fingerprint density at radius 2 is 1.79 bits per heavy atom. The molecule has 1 aliphatic heterocycles. The molecule has 6 heteroatoms. The maximum atomic E-state index is 14.1. The van der Waals surface area contributed by atoms with Gasteiger partial charge in [-0.15, -0.1) is 12.4 Å². The van der Waals surface area contributed by atoms with Crippen LogP contribution in [0.5, 0.6) is 0 Å². The molecule has 4 rings (SSSR count). The molecule has 1 saturated carbocycles. The van der Waals surface area contributed by atoms with Gasteiger partial charge in [0.1, 0.15) is 5.82 Å². The van der Waals surface area contributed by atoms with Crippen molar-refractivity contribution >= 4 is 24.0 Å². The SMILES string of the molecule is Cl.NC[C@@H](O)[C@H](c1ccccc1)N1C(=O)C2(CCCCC2)c2ccc(F)cc21. The van der Waals surface area contributed by atoms with Gasteiger partial charge in [-0.2, -0.15) is 0 Å². The van der Waals surface area contributed by atoms with Gasteiger partial charge < -0.3 is 15.7 Å². The number of hydrogen-bond acceptors (Lipinski definition) is 3. The van der Waals surface area contributed by atoms with Crippen molar-refractivity contribution in [1.29, 1.82) is 0 Å². The van der Waals surface area contributed by atoms with Gasteiger partial charge in [0, 0.05) is 6.54 Å². The lowest BCUT2D eigenvalue weighted by Gasteiger charge is -2.36. The summed E-state index contributed by atoms with van der Waals surface area (Å²) < 4.78 is 14.1. The monoisotopic (exact) mass is 404 g/mol. The molecular weight excluding hydrogens is 379 g/mol. The number of carbonyl (C=O) groups excluding carboxylic acids is 1. The van der Waals surface area contributed by atoms with Crippen molar-refractivity contribution in [2.45, 2.75) is 49.7 Å². The number of fused-ring (bicyclic) bond motifs is 2. The summed E-state index contributed by atoms with van der Waals surface area (Å²) in [5.41, 5.74) is 7.43. The summed E-state index contributed by atoms with van der Waals surface area (Å²) in [5.74, 6) is -0.419. The summed E-state index contributed by atoms with van der Waals surface area (Å²) in [5, 5.41) is 10.7. The van der Waals surface area contributed by atoms with Gasteiger partial charge in [-0.1, -0.05) is 55.7 Å². The second-order valence-corrected chi connectivity index (χ2v) is 7.64. The Hall–Kier alpha value is -1.95. The maximum Gasteiger partial charge on any atom is 0.238 e. The fourth-order valence-corrected chi connectivity index (χ4v) is 4.80. The number of hydrogen-bond donors (Lipinski definition) is 2. The van der Waals surface area contributed by atoms with E-state index in [4.69, 9.17) is 5.73 Å². The van der Waals surface area contributed by atoms with Crippen molar-refractivity contribution in [3.8, 4) is 0 Å². The van der Waals surface area contributed by atoms with Gasteiger partial charge in [0.15, 0.2) is 0 Å². The van der Waals surface area contributed by atoms with Crippen LogP contribution in [-0.2, 0) is 10.2 Å². The zero-order chi connectivity index (χ0) is 19.0. The zero-order valence-corrected chi connectivity index (χ0v) is 16.5. The summed E-state index contributed by atoms with van der Waals surface area (Å²) in [6.45, 7) is 0.0149. The molecule has 1 fully saturated rings. The van der Waals surface area contributed by atoms with E-state index in [1.54, 1.807) is 11.0 Å². The predicted octanol–water partition coefficient (Wildman–Crippen LogP) is 3.86. The van der Waals surface area contributed by atoms with Crippen molar-refractivity contribution < 1.29 is 14.3 Å². The Kier molecular flexibility index (Phi) is 6.08. The normalized spacial score (nSPS) is 19.8. The number of benzene rings is 2. The van der Waals surface area contributed by atoms with Crippen LogP contribution in [0.1, 0.15) is 49.3 Å². The molecule has 1 amide bonds. The maximum absolute atomic E-state index is 14.1. The van der Waals surface area contributed by atoms with Crippen LogP contribution in [-0.4, -0.2) is 23.7 Å². The molecule has 0 radical (unpaired) electrons. The Morgan fingerprint density at radius 1 is 1.11 bits per heavy atom. The smallest absolute Gasteiger partial charge is 0.238 e. The molecule has 2 aromatic carbocycles. The molecule has 3 N–H and O–H groups in total. The van der Waals surface area contributed by atoms with Crippen LogP contribution in [0.3, 0.4) is 0 Å². The highest BCUT2D eigenvalue weighted by Gasteiger charge is 2.53. The summed E-state index contributed by atoms with van der Waals surface area (Å²) in [4.78, 5) is 15.3. The minimum atomic E-state index is -0.939. The molecule has 150 valence electrons. The van der Waals surface area contributed by atoms with Crippen molar-refractivity contribution in [3.63, 3.8) is 0 Å². The van der Waals surface area contributed by atoms with E-state index in [9.17, 15) is 14.3 Å². The van der Waals surface area contributed by atoms with E-state index in [1.165, 1.54) is 12.1 Å². The van der Waals surface area contributed by atoms with Crippen LogP contribution >= 0.6 is 12.4 Å². The molecular formula is C22H26ClFN2O2. The number of carbonyl (C=O) groups is 1. The molecule has 0 aromatic heterocycles. The van der Waals surface area contributed by atoms with Crippen LogP contribution in [0.25, 0.3) is 0 Å². The van der Waals surface area contributed by atoms with Gasteiger partial charge in [-0.05, 0) is 36.1 Å². The Labute approximate surface area is 171 Å². The van der Waals surface area contributed by atoms with Gasteiger partial charge >= 0.3 is 0 Å². The van der Waals surface area contributed by atoms with Crippen molar-refractivity contribution in [1.82, 2.24) is 0 Å². The molecule has 1 heterocycles. The van der Waals surface area contributed by atoms with E-state index in [0.717, 1.165) is 43.2 Å². The van der Waals surface area contributed by atoms with E-state index in [2.05, 4.69) is 0 Å². The van der Waals surface area contributed by atoms with Crippen LogP contribution in [0, 0.1) is 5.82 Å². The molecule has 2 aliphatic rings. The summed E-state index contributed by atoms with van der Waals surface area (Å²) in [6.07, 6.45) is 3.66. The number of nitrogens with two attached hydrogens (primary N) is 1. The van der Waals surface area contributed by atoms with Crippen molar-refractivity contribution in [3.05, 3.63) is 65.5 Å². The van der Waals surface area contributed by atoms with Crippen LogP contribution in [0.2, 0.25) is 0 Å². The summed E-state index contributed by atoms with van der Waals surface area (Å²) >= 11 is 0. The van der Waals surface area contributed by atoms with Gasteiger partial charge in [0.25, 0.3) is 0 Å². The molecule has 2 atom stereocenters. The average molecular weight is 405 g/mol. The topological polar surface area (TPSA) is 66.6 Å². The summed E-state index contributed by atoms with van der Waals surface area (Å²) in [7, 11) is 0. The lowest BCUT2D eigenvalue weighted by Crippen LogP contribution is -2.47. The predicted molar refractivity (Wildman–Crippen MR) is 110 cm³/mol. The van der Waals surface area contributed by atoms with Crippen molar-refractivity contribution in [2.75, 3.05) is 11.4 Å². The third kappa shape index (κ3) is 3.21. The average Bonchev–Trinajstić information content (AvgIpc) is 2.92. The highest BCUT2D eigenvalue weighted by molar-refractivity contribution is 6.08. The second kappa shape index (κ2) is 8.19. The fraction of sp³-hybridized carbons (Fsp3) is 0.409. The molecule has 1 aliphatic carbocycles. The number of rotatable bonds is 4. The molecule has 1 spiro atoms. The van der Waals surface area contributed by atoms with Crippen LogP contribution in [0.15, 0.2) is 48.5 Å². The first-order valence-corrected chi connectivity index (χ1v) is 9.65. The van der Waals surface area contributed by atoms with E-state index in [0.29, 0.717) is 5.69 Å². The van der Waals surface area contributed by atoms with E-state index >= 15 is 0 Å². The molecule has 0 unspecified atom stereocenters. The molecule has 0 saturated heterocycles. The highest BCUT2D eigenvalue weighted by Crippen LogP contribution is 2.52. The molecule has 28 heavy (non-hydrogen) atoms. The largest absolute Gasteiger partial charge is 0.389 e. The first-order valence-electron chi connectivity index (χ1n) is 9.65. The summed E-state index contributed by atoms with van der Waals surface area (Å²) in [6, 6.07) is 13.4. The number of halogens is 2. The second-order valence-electron chi connectivity index (χ2n) is 7.64. The Morgan fingerprint density at radius 3 is 2.43 bits per heavy atom. The van der Waals surface area contributed by atoms with E-state index < -0.39 is 17.6 Å². The highest BCUT2D eigenvalue weighted by atomic mass is 35.5. The number of nitrogens with zero attached hydrogens (tertiary/aromatic N) is 1. The van der Waals surface area contributed by atoms with E-state index in [1.807, 2.05) is 30.3 Å². The van der Waals surface area contributed by atoms with Crippen LogP contribution < -0.4 is 10.6 Å². The molecule has 0 bridgehead atoms. The molecule has 4 nitrogen and oxygen atoms in total. The standard InChI is InChI=1S/C22H25FN2O2.ClH/c23-16-9-10-17-18(13-16)25(21(27)22(17)11-5-2-6-12-22)20(19(26)14-24)15-7-3-1-4-8-15;/h1,3-4,7-10,13,19-20,26H,2,5-6,11-12,14,24H2;1H/t19-,20+;/m1./s1. The lowest BCUT2D eigenvalue weighted by atomic mass is 9.70. The Balaban J connectivity index is 0.00000225. The number of aliphatic hydroxyl groups is 1. The minimum absolute atomic E-state index is 0. The minimum Gasteiger partial charge on any atom is -0.389 e. The van der Waals surface area contributed by atoms with Gasteiger partial charge in [0.2, 0.25) is 5.91 Å². The zero-order valence-electron chi connectivity index (χ0n) is 15.7. The third-order valence-corrected chi connectivity index (χ3v) is 6.10. The van der Waals surface area contributed by atoms with Gasteiger partial charge in [0.05, 0.1) is 23.2 Å². The number of aliphatic hydroxyl groups excluding tert-OH is 1. The Bertz CT molecular complexity index is 840. The van der Waals surface area contributed by atoms with Gasteiger partial charge in [-0.3, -0.25) is 4.79 Å². The third-order valence-electron chi connectivity index (χ3n) is 6.10. The lowest BCUT2D eigenvalue weighted by molar-refractivity contribution is -0.125. The number of anilines is 1. The van der Waals surface area contributed by atoms with Crippen molar-refractivity contribution in [2.24, 2.45) is 5.73 Å². The number of amides is 1. The first-order chi connectivity index (χ1) is 13.1. The quantitative estimate of drug-likeness (QED) is 0.813. The fourth-order valence-electron chi connectivity index (χ4n) is 4.80. The van der Waals surface area contributed by atoms with E-state index in [-0.39, 0.29) is 30.7 Å². The van der Waals surface area contributed by atoms with Gasteiger partial charge in [-0.25, -0.2) is 4.39 Å².